The molecule has 0 unspecified atom stereocenters. The largest absolute Gasteiger partial charge is 0.493 e. The Balaban J connectivity index is 1.58. The fourth-order valence-electron chi connectivity index (χ4n) is 2.98. The Kier molecular flexibility index (Phi) is 6.28. The molecule has 1 aliphatic rings. The van der Waals surface area contributed by atoms with Gasteiger partial charge in [-0.2, -0.15) is 0 Å². The van der Waals surface area contributed by atoms with Crippen molar-refractivity contribution in [1.29, 1.82) is 0 Å². The maximum atomic E-state index is 12.6. The van der Waals surface area contributed by atoms with Crippen molar-refractivity contribution in [3.63, 3.8) is 0 Å². The number of imide groups is 1. The van der Waals surface area contributed by atoms with Crippen LogP contribution in [0.5, 0.6) is 11.5 Å². The Hall–Kier alpha value is -3.62. The number of carbonyl (C=O) groups excluding carboxylic acids is 3. The summed E-state index contributed by atoms with van der Waals surface area (Å²) in [4.78, 5) is 42.2. The van der Waals surface area contributed by atoms with E-state index in [-0.39, 0.29) is 25.4 Å². The molecule has 1 atom stereocenters. The molecule has 152 valence electrons. The lowest BCUT2D eigenvalue weighted by Gasteiger charge is -2.15. The van der Waals surface area contributed by atoms with Gasteiger partial charge in [0.2, 0.25) is 5.91 Å². The van der Waals surface area contributed by atoms with Crippen LogP contribution in [-0.2, 0) is 22.7 Å². The Morgan fingerprint density at radius 3 is 2.66 bits per heavy atom. The molecule has 2 heterocycles. The number of rotatable bonds is 8. The number of methoxy groups -OCH3 is 2. The summed E-state index contributed by atoms with van der Waals surface area (Å²) in [6.45, 7) is 0.320. The van der Waals surface area contributed by atoms with Gasteiger partial charge in [-0.25, -0.2) is 4.79 Å². The second-order valence-electron chi connectivity index (χ2n) is 6.42. The van der Waals surface area contributed by atoms with Crippen molar-refractivity contribution in [2.75, 3.05) is 14.2 Å². The molecule has 29 heavy (non-hydrogen) atoms. The summed E-state index contributed by atoms with van der Waals surface area (Å²) < 4.78 is 10.4. The molecule has 4 amide bonds. The topological polar surface area (TPSA) is 110 Å². The number of ether oxygens (including phenoxy) is 2. The van der Waals surface area contributed by atoms with Crippen LogP contribution >= 0.6 is 0 Å². The van der Waals surface area contributed by atoms with E-state index in [2.05, 4.69) is 15.6 Å². The Bertz CT molecular complexity index is 903. The number of aromatic nitrogens is 1. The molecule has 9 nitrogen and oxygen atoms in total. The molecule has 9 heteroatoms. The van der Waals surface area contributed by atoms with E-state index in [9.17, 15) is 14.4 Å². The molecular weight excluding hydrogens is 376 g/mol. The molecule has 1 fully saturated rings. The van der Waals surface area contributed by atoms with Crippen LogP contribution in [0.4, 0.5) is 4.79 Å². The summed E-state index contributed by atoms with van der Waals surface area (Å²) in [5.41, 5.74) is 1.41. The number of nitrogens with zero attached hydrogens (tertiary/aromatic N) is 2. The Labute approximate surface area is 168 Å². The SMILES string of the molecule is COc1ccc(CN2C(=O)N[C@H](CC(=O)NCc3ccccn3)C2=O)cc1OC. The third-order valence-corrected chi connectivity index (χ3v) is 4.48. The molecule has 0 bridgehead atoms. The van der Waals surface area contributed by atoms with Gasteiger partial charge in [-0.05, 0) is 29.8 Å². The second-order valence-corrected chi connectivity index (χ2v) is 6.42. The van der Waals surface area contributed by atoms with Gasteiger partial charge in [-0.1, -0.05) is 12.1 Å². The van der Waals surface area contributed by atoms with Crippen LogP contribution in [0, 0.1) is 0 Å². The van der Waals surface area contributed by atoms with Gasteiger partial charge >= 0.3 is 6.03 Å². The van der Waals surface area contributed by atoms with Crippen molar-refractivity contribution >= 4 is 17.8 Å². The van der Waals surface area contributed by atoms with E-state index < -0.39 is 18.0 Å². The summed E-state index contributed by atoms with van der Waals surface area (Å²) in [5, 5.41) is 5.26. The second kappa shape index (κ2) is 9.05. The van der Waals surface area contributed by atoms with Crippen molar-refractivity contribution in [3.05, 3.63) is 53.9 Å². The zero-order valence-electron chi connectivity index (χ0n) is 16.2. The zero-order valence-corrected chi connectivity index (χ0v) is 16.2. The molecule has 1 aromatic carbocycles. The number of amides is 4. The molecule has 2 aromatic rings. The van der Waals surface area contributed by atoms with Crippen LogP contribution in [0.15, 0.2) is 42.6 Å². The lowest BCUT2D eigenvalue weighted by molar-refractivity contribution is -0.131. The predicted molar refractivity (Wildman–Crippen MR) is 103 cm³/mol. The third-order valence-electron chi connectivity index (χ3n) is 4.48. The highest BCUT2D eigenvalue weighted by Crippen LogP contribution is 2.28. The number of pyridine rings is 1. The first kappa shape index (κ1) is 20.1. The number of benzene rings is 1. The van der Waals surface area contributed by atoms with E-state index in [1.807, 2.05) is 6.07 Å². The first-order chi connectivity index (χ1) is 14.0. The van der Waals surface area contributed by atoms with Gasteiger partial charge in [0.15, 0.2) is 11.5 Å². The van der Waals surface area contributed by atoms with Crippen molar-refractivity contribution < 1.29 is 23.9 Å². The lowest BCUT2D eigenvalue weighted by atomic mass is 10.1. The van der Waals surface area contributed by atoms with E-state index in [1.165, 1.54) is 14.2 Å². The quantitative estimate of drug-likeness (QED) is 0.647. The van der Waals surface area contributed by atoms with Crippen molar-refractivity contribution in [2.24, 2.45) is 0 Å². The molecule has 0 saturated carbocycles. The molecule has 1 aliphatic heterocycles. The maximum absolute atomic E-state index is 12.6. The van der Waals surface area contributed by atoms with Crippen LogP contribution in [0.1, 0.15) is 17.7 Å². The first-order valence-electron chi connectivity index (χ1n) is 9.01. The van der Waals surface area contributed by atoms with E-state index >= 15 is 0 Å². The van der Waals surface area contributed by atoms with Gasteiger partial charge in [0, 0.05) is 6.20 Å². The number of nitrogens with one attached hydrogen (secondary N) is 2. The summed E-state index contributed by atoms with van der Waals surface area (Å²) in [7, 11) is 3.04. The van der Waals surface area contributed by atoms with Crippen LogP contribution < -0.4 is 20.1 Å². The molecule has 2 N–H and O–H groups in total. The van der Waals surface area contributed by atoms with Crippen molar-refractivity contribution in [2.45, 2.75) is 25.6 Å². The maximum Gasteiger partial charge on any atom is 0.325 e. The molecule has 0 spiro atoms. The first-order valence-corrected chi connectivity index (χ1v) is 9.01. The summed E-state index contributed by atoms with van der Waals surface area (Å²) in [5.74, 6) is 0.262. The molecule has 0 aliphatic carbocycles. The molecular formula is C20H22N4O5. The van der Waals surface area contributed by atoms with Gasteiger partial charge in [-0.3, -0.25) is 19.5 Å². The van der Waals surface area contributed by atoms with Gasteiger partial charge in [0.1, 0.15) is 6.04 Å². The molecule has 3 rings (SSSR count). The minimum absolute atomic E-state index is 0.0665. The Morgan fingerprint density at radius 1 is 1.17 bits per heavy atom. The predicted octanol–water partition coefficient (Wildman–Crippen LogP) is 1.23. The van der Waals surface area contributed by atoms with Crippen LogP contribution in [-0.4, -0.2) is 48.0 Å². The van der Waals surface area contributed by atoms with E-state index in [4.69, 9.17) is 9.47 Å². The Morgan fingerprint density at radius 2 is 1.97 bits per heavy atom. The average Bonchev–Trinajstić information content (AvgIpc) is 3.00. The summed E-state index contributed by atoms with van der Waals surface area (Å²) in [6, 6.07) is 9.11. The van der Waals surface area contributed by atoms with E-state index in [0.717, 1.165) is 4.90 Å². The minimum atomic E-state index is -0.897. The highest BCUT2D eigenvalue weighted by atomic mass is 16.5. The normalized spacial score (nSPS) is 15.8. The molecule has 1 saturated heterocycles. The lowest BCUT2D eigenvalue weighted by Crippen LogP contribution is -2.36. The summed E-state index contributed by atoms with van der Waals surface area (Å²) in [6.07, 6.45) is 1.49. The van der Waals surface area contributed by atoms with Gasteiger partial charge in [-0.15, -0.1) is 0 Å². The van der Waals surface area contributed by atoms with Crippen LogP contribution in [0.25, 0.3) is 0 Å². The van der Waals surface area contributed by atoms with Gasteiger partial charge in [0.25, 0.3) is 5.91 Å². The smallest absolute Gasteiger partial charge is 0.325 e. The van der Waals surface area contributed by atoms with Gasteiger partial charge < -0.3 is 20.1 Å². The minimum Gasteiger partial charge on any atom is -0.493 e. The monoisotopic (exact) mass is 398 g/mol. The van der Waals surface area contributed by atoms with Crippen LogP contribution in [0.2, 0.25) is 0 Å². The van der Waals surface area contributed by atoms with E-state index in [1.54, 1.807) is 36.5 Å². The van der Waals surface area contributed by atoms with Crippen molar-refractivity contribution in [1.82, 2.24) is 20.5 Å². The number of urea groups is 1. The third kappa shape index (κ3) is 4.81. The zero-order chi connectivity index (χ0) is 20.8. The standard InChI is InChI=1S/C20H22N4O5/c1-28-16-7-6-13(9-17(16)29-2)12-24-19(26)15(23-20(24)27)10-18(25)22-11-14-5-3-4-8-21-14/h3-9,15H,10-12H2,1-2H3,(H,22,25)(H,23,27)/t15-/m1/s1. The fraction of sp³-hybridized carbons (Fsp3) is 0.300. The summed E-state index contributed by atoms with van der Waals surface area (Å²) >= 11 is 0. The molecule has 0 radical (unpaired) electrons. The van der Waals surface area contributed by atoms with Gasteiger partial charge in [0.05, 0.1) is 39.4 Å². The highest BCUT2D eigenvalue weighted by Gasteiger charge is 2.39. The fourth-order valence-corrected chi connectivity index (χ4v) is 2.98. The van der Waals surface area contributed by atoms with Crippen LogP contribution in [0.3, 0.4) is 0 Å². The highest BCUT2D eigenvalue weighted by molar-refractivity contribution is 6.05. The molecule has 1 aromatic heterocycles. The van der Waals surface area contributed by atoms with Crippen molar-refractivity contribution in [3.8, 4) is 11.5 Å². The average molecular weight is 398 g/mol. The number of hydrogen-bond donors (Lipinski definition) is 2. The number of carbonyl (C=O) groups is 3. The van der Waals surface area contributed by atoms with E-state index in [0.29, 0.717) is 22.8 Å². The number of hydrogen-bond acceptors (Lipinski definition) is 6.